The lowest BCUT2D eigenvalue weighted by molar-refractivity contribution is 0.342. The summed E-state index contributed by atoms with van der Waals surface area (Å²) in [4.78, 5) is 0. The summed E-state index contributed by atoms with van der Waals surface area (Å²) in [5.41, 5.74) is -0.163. The van der Waals surface area contributed by atoms with Gasteiger partial charge in [-0.25, -0.2) is 8.78 Å². The van der Waals surface area contributed by atoms with E-state index in [1.54, 1.807) is 0 Å². The Kier molecular flexibility index (Phi) is 4.74. The van der Waals surface area contributed by atoms with Gasteiger partial charge < -0.3 is 0 Å². The van der Waals surface area contributed by atoms with Gasteiger partial charge in [0.15, 0.2) is 0 Å². The summed E-state index contributed by atoms with van der Waals surface area (Å²) < 4.78 is 27.6. The van der Waals surface area contributed by atoms with Crippen molar-refractivity contribution in [3.05, 3.63) is 33.8 Å². The van der Waals surface area contributed by atoms with Crippen molar-refractivity contribution in [2.24, 2.45) is 5.41 Å². The molecule has 0 nitrogen and oxygen atoms in total. The molecule has 1 rings (SSSR count). The number of rotatable bonds is 4. The molecule has 0 amide bonds. The Bertz CT molecular complexity index is 376. The lowest BCUT2D eigenvalue weighted by Crippen LogP contribution is -2.22. The van der Waals surface area contributed by atoms with Crippen molar-refractivity contribution in [3.63, 3.8) is 0 Å². The molecule has 0 spiro atoms. The van der Waals surface area contributed by atoms with E-state index in [-0.39, 0.29) is 15.5 Å². The quantitative estimate of drug-likeness (QED) is 0.546. The second kappa shape index (κ2) is 5.46. The lowest BCUT2D eigenvalue weighted by Gasteiger charge is -2.26. The smallest absolute Gasteiger partial charge is 0.143 e. The van der Waals surface area contributed by atoms with Gasteiger partial charge in [0.1, 0.15) is 11.6 Å². The van der Waals surface area contributed by atoms with E-state index in [1.807, 2.05) is 13.8 Å². The van der Waals surface area contributed by atoms with Crippen LogP contribution in [0.25, 0.3) is 0 Å². The first-order chi connectivity index (χ1) is 7.43. The molecule has 16 heavy (non-hydrogen) atoms. The minimum atomic E-state index is -0.523. The number of alkyl halides is 1. The predicted octanol–water partition coefficient (Wildman–Crippen LogP) is 4.92. The molecule has 1 unspecified atom stereocenters. The molecule has 0 heterocycles. The normalized spacial score (nSPS) is 14.9. The Labute approximate surface area is 108 Å². The van der Waals surface area contributed by atoms with E-state index in [9.17, 15) is 8.78 Å². The third kappa shape index (κ3) is 2.95. The molecule has 0 fully saturated rings. The maximum absolute atomic E-state index is 13.7. The van der Waals surface area contributed by atoms with Crippen LogP contribution >= 0.6 is 27.5 Å². The van der Waals surface area contributed by atoms with E-state index in [0.29, 0.717) is 12.3 Å². The zero-order chi connectivity index (χ0) is 12.3. The molecule has 0 aliphatic rings. The third-order valence-electron chi connectivity index (χ3n) is 2.92. The topological polar surface area (TPSA) is 0 Å². The summed E-state index contributed by atoms with van der Waals surface area (Å²) in [5, 5.41) is 0. The largest absolute Gasteiger partial charge is 0.207 e. The minimum Gasteiger partial charge on any atom is -0.207 e. The average Bonchev–Trinajstić information content (AvgIpc) is 2.29. The number of hydrogen-bond acceptors (Lipinski definition) is 0. The van der Waals surface area contributed by atoms with Crippen LogP contribution in [0.5, 0.6) is 0 Å². The van der Waals surface area contributed by atoms with Crippen LogP contribution in [0, 0.1) is 17.0 Å². The van der Waals surface area contributed by atoms with Crippen molar-refractivity contribution >= 4 is 27.5 Å². The van der Waals surface area contributed by atoms with Crippen LogP contribution in [0.15, 0.2) is 16.6 Å². The van der Waals surface area contributed by atoms with Crippen molar-refractivity contribution in [1.29, 1.82) is 0 Å². The van der Waals surface area contributed by atoms with Gasteiger partial charge in [0.2, 0.25) is 0 Å². The fourth-order valence-corrected chi connectivity index (χ4v) is 2.08. The molecule has 1 aromatic carbocycles. The second-order valence-corrected chi connectivity index (χ2v) is 5.42. The highest BCUT2D eigenvalue weighted by atomic mass is 79.9. The molecule has 0 N–H and O–H groups in total. The molecular weight excluding hydrogens is 297 g/mol. The molecule has 0 saturated carbocycles. The molecule has 0 aromatic heterocycles. The van der Waals surface area contributed by atoms with Gasteiger partial charge in [0, 0.05) is 11.4 Å². The Morgan fingerprint density at radius 3 is 2.50 bits per heavy atom. The molecular formula is C12H14BrClF2. The monoisotopic (exact) mass is 310 g/mol. The Hall–Kier alpha value is -0.150. The van der Waals surface area contributed by atoms with Gasteiger partial charge in [-0.1, -0.05) is 13.8 Å². The van der Waals surface area contributed by atoms with Crippen LogP contribution in [0.1, 0.15) is 25.8 Å². The molecule has 0 aliphatic carbocycles. The molecule has 0 aliphatic heterocycles. The summed E-state index contributed by atoms with van der Waals surface area (Å²) >= 11 is 8.90. The van der Waals surface area contributed by atoms with Gasteiger partial charge in [-0.2, -0.15) is 0 Å². The Balaban J connectivity index is 3.10. The number of hydrogen-bond donors (Lipinski definition) is 0. The van der Waals surface area contributed by atoms with Crippen molar-refractivity contribution < 1.29 is 8.78 Å². The van der Waals surface area contributed by atoms with Gasteiger partial charge >= 0.3 is 0 Å². The fourth-order valence-electron chi connectivity index (χ4n) is 1.42. The molecule has 90 valence electrons. The molecule has 0 radical (unpaired) electrons. The molecule has 0 saturated heterocycles. The Morgan fingerprint density at radius 2 is 2.00 bits per heavy atom. The maximum Gasteiger partial charge on any atom is 0.143 e. The van der Waals surface area contributed by atoms with Crippen molar-refractivity contribution in [2.75, 3.05) is 5.88 Å². The van der Waals surface area contributed by atoms with E-state index >= 15 is 0 Å². The van der Waals surface area contributed by atoms with Crippen LogP contribution in [0.2, 0.25) is 0 Å². The average molecular weight is 312 g/mol. The van der Waals surface area contributed by atoms with Crippen LogP contribution < -0.4 is 0 Å². The highest BCUT2D eigenvalue weighted by Crippen LogP contribution is 2.32. The zero-order valence-electron chi connectivity index (χ0n) is 9.29. The van der Waals surface area contributed by atoms with Crippen molar-refractivity contribution in [1.82, 2.24) is 0 Å². The Morgan fingerprint density at radius 1 is 1.38 bits per heavy atom. The molecule has 0 bridgehead atoms. The molecule has 1 atom stereocenters. The molecule has 1 aromatic rings. The van der Waals surface area contributed by atoms with Crippen LogP contribution in [0.3, 0.4) is 0 Å². The predicted molar refractivity (Wildman–Crippen MR) is 66.9 cm³/mol. The summed E-state index contributed by atoms with van der Waals surface area (Å²) in [6.07, 6.45) is 1.09. The van der Waals surface area contributed by atoms with Crippen LogP contribution in [-0.2, 0) is 6.42 Å². The molecule has 4 heteroatoms. The van der Waals surface area contributed by atoms with E-state index in [0.717, 1.165) is 6.42 Å². The van der Waals surface area contributed by atoms with E-state index in [1.165, 1.54) is 12.1 Å². The van der Waals surface area contributed by atoms with Gasteiger partial charge in [-0.3, -0.25) is 0 Å². The SMILES string of the molecule is CCC(C)(CCl)Cc1c(F)ccc(Br)c1F. The maximum atomic E-state index is 13.7. The fraction of sp³-hybridized carbons (Fsp3) is 0.500. The van der Waals surface area contributed by atoms with Crippen molar-refractivity contribution in [3.8, 4) is 0 Å². The first-order valence-electron chi connectivity index (χ1n) is 5.12. The first-order valence-corrected chi connectivity index (χ1v) is 6.44. The highest BCUT2D eigenvalue weighted by Gasteiger charge is 2.25. The number of halogens is 4. The van der Waals surface area contributed by atoms with E-state index in [4.69, 9.17) is 11.6 Å². The van der Waals surface area contributed by atoms with Gasteiger partial charge in [-0.05, 0) is 46.3 Å². The standard InChI is InChI=1S/C12H14BrClF2/c1-3-12(2,7-14)6-8-10(15)5-4-9(13)11(8)16/h4-5H,3,6-7H2,1-2H3. The van der Waals surface area contributed by atoms with Gasteiger partial charge in [0.05, 0.1) is 4.47 Å². The van der Waals surface area contributed by atoms with Gasteiger partial charge in [0.25, 0.3) is 0 Å². The second-order valence-electron chi connectivity index (χ2n) is 4.30. The third-order valence-corrected chi connectivity index (χ3v) is 4.18. The zero-order valence-corrected chi connectivity index (χ0v) is 11.6. The van der Waals surface area contributed by atoms with E-state index in [2.05, 4.69) is 15.9 Å². The summed E-state index contributed by atoms with van der Waals surface area (Å²) in [6, 6.07) is 2.64. The summed E-state index contributed by atoms with van der Waals surface area (Å²) in [5.74, 6) is -0.648. The number of benzene rings is 1. The summed E-state index contributed by atoms with van der Waals surface area (Å²) in [7, 11) is 0. The first kappa shape index (κ1) is 13.9. The highest BCUT2D eigenvalue weighted by molar-refractivity contribution is 9.10. The summed E-state index contributed by atoms with van der Waals surface area (Å²) in [6.45, 7) is 3.90. The van der Waals surface area contributed by atoms with Gasteiger partial charge in [-0.15, -0.1) is 11.6 Å². The van der Waals surface area contributed by atoms with Crippen LogP contribution in [-0.4, -0.2) is 5.88 Å². The van der Waals surface area contributed by atoms with Crippen molar-refractivity contribution in [2.45, 2.75) is 26.7 Å². The lowest BCUT2D eigenvalue weighted by atomic mass is 9.83. The van der Waals surface area contributed by atoms with E-state index < -0.39 is 11.6 Å². The van der Waals surface area contributed by atoms with Crippen LogP contribution in [0.4, 0.5) is 8.78 Å². The minimum absolute atomic E-state index is 0.111.